The van der Waals surface area contributed by atoms with Crippen LogP contribution in [0.1, 0.15) is 30.1 Å². The summed E-state index contributed by atoms with van der Waals surface area (Å²) in [4.78, 5) is 22.9. The first-order chi connectivity index (χ1) is 11.1. The lowest BCUT2D eigenvalue weighted by Gasteiger charge is -2.37. The van der Waals surface area contributed by atoms with Gasteiger partial charge in [-0.15, -0.1) is 0 Å². The van der Waals surface area contributed by atoms with Gasteiger partial charge in [-0.1, -0.05) is 0 Å². The summed E-state index contributed by atoms with van der Waals surface area (Å²) < 4.78 is 5.98. The highest BCUT2D eigenvalue weighted by Crippen LogP contribution is 2.36. The molecule has 2 fully saturated rings. The zero-order valence-corrected chi connectivity index (χ0v) is 13.1. The van der Waals surface area contributed by atoms with Crippen molar-refractivity contribution in [3.05, 3.63) is 30.1 Å². The minimum atomic E-state index is 0.0323. The highest BCUT2D eigenvalue weighted by Gasteiger charge is 2.38. The second-order valence-electron chi connectivity index (χ2n) is 6.52. The van der Waals surface area contributed by atoms with E-state index < -0.39 is 0 Å². The van der Waals surface area contributed by atoms with Gasteiger partial charge in [-0.3, -0.25) is 4.79 Å². The summed E-state index contributed by atoms with van der Waals surface area (Å²) in [6, 6.07) is 5.42. The summed E-state index contributed by atoms with van der Waals surface area (Å²) in [5.41, 5.74) is 7.17. The van der Waals surface area contributed by atoms with Crippen LogP contribution in [0.4, 0.5) is 5.82 Å². The molecular weight excluding hydrogens is 292 g/mol. The molecule has 2 atom stereocenters. The number of anilines is 1. The third-order valence-corrected chi connectivity index (χ3v) is 4.63. The number of hydrogen-bond donors (Lipinski definition) is 1. The molecule has 6 heteroatoms. The average molecular weight is 312 g/mol. The Balaban J connectivity index is 1.60. The van der Waals surface area contributed by atoms with Crippen LogP contribution < -0.4 is 5.73 Å². The molecule has 1 aliphatic heterocycles. The van der Waals surface area contributed by atoms with Crippen molar-refractivity contribution < 1.29 is 9.53 Å². The Morgan fingerprint density at radius 1 is 1.30 bits per heavy atom. The SMILES string of the molecule is CC1CN(C(=O)c2ccc3c(N)ncnc3c2)CC(C2CC2)O1. The van der Waals surface area contributed by atoms with E-state index >= 15 is 0 Å². The van der Waals surface area contributed by atoms with Gasteiger partial charge in [-0.25, -0.2) is 9.97 Å². The number of morpholine rings is 1. The molecule has 2 aromatic rings. The number of rotatable bonds is 2. The smallest absolute Gasteiger partial charge is 0.254 e. The summed E-state index contributed by atoms with van der Waals surface area (Å²) in [6.45, 7) is 3.34. The summed E-state index contributed by atoms with van der Waals surface area (Å²) in [6.07, 6.45) is 4.11. The van der Waals surface area contributed by atoms with Crippen LogP contribution in [0, 0.1) is 5.92 Å². The number of aromatic nitrogens is 2. The van der Waals surface area contributed by atoms with Crippen molar-refractivity contribution in [1.29, 1.82) is 0 Å². The molecule has 0 bridgehead atoms. The number of nitrogens with zero attached hydrogens (tertiary/aromatic N) is 3. The lowest BCUT2D eigenvalue weighted by molar-refractivity contribution is -0.0761. The molecule has 2 heterocycles. The fourth-order valence-corrected chi connectivity index (χ4v) is 3.27. The molecule has 1 amide bonds. The molecule has 2 aliphatic rings. The van der Waals surface area contributed by atoms with Crippen molar-refractivity contribution in [2.45, 2.75) is 32.0 Å². The van der Waals surface area contributed by atoms with Crippen molar-refractivity contribution in [2.24, 2.45) is 5.92 Å². The lowest BCUT2D eigenvalue weighted by atomic mass is 10.1. The Hall–Kier alpha value is -2.21. The number of carbonyl (C=O) groups is 1. The number of amides is 1. The Labute approximate surface area is 134 Å². The number of nitrogen functional groups attached to an aromatic ring is 1. The molecule has 2 unspecified atom stereocenters. The van der Waals surface area contributed by atoms with Gasteiger partial charge < -0.3 is 15.4 Å². The number of fused-ring (bicyclic) bond motifs is 1. The Bertz CT molecular complexity index is 759. The van der Waals surface area contributed by atoms with Crippen LogP contribution >= 0.6 is 0 Å². The monoisotopic (exact) mass is 312 g/mol. The zero-order chi connectivity index (χ0) is 16.0. The van der Waals surface area contributed by atoms with E-state index in [1.54, 1.807) is 12.1 Å². The molecule has 0 spiro atoms. The molecule has 1 saturated carbocycles. The minimum Gasteiger partial charge on any atom is -0.383 e. The number of nitrogens with two attached hydrogens (primary N) is 1. The van der Waals surface area contributed by atoms with E-state index in [9.17, 15) is 4.79 Å². The fraction of sp³-hybridized carbons (Fsp3) is 0.471. The maximum atomic E-state index is 12.9. The predicted octanol–water partition coefficient (Wildman–Crippen LogP) is 1.85. The lowest BCUT2D eigenvalue weighted by Crippen LogP contribution is -2.49. The average Bonchev–Trinajstić information content (AvgIpc) is 3.38. The predicted molar refractivity (Wildman–Crippen MR) is 86.9 cm³/mol. The minimum absolute atomic E-state index is 0.0323. The maximum absolute atomic E-state index is 12.9. The van der Waals surface area contributed by atoms with E-state index in [1.165, 1.54) is 19.2 Å². The first kappa shape index (κ1) is 14.4. The Morgan fingerprint density at radius 2 is 2.13 bits per heavy atom. The van der Waals surface area contributed by atoms with Crippen molar-refractivity contribution >= 4 is 22.6 Å². The van der Waals surface area contributed by atoms with E-state index in [4.69, 9.17) is 10.5 Å². The van der Waals surface area contributed by atoms with Crippen molar-refractivity contribution in [3.8, 4) is 0 Å². The van der Waals surface area contributed by atoms with Gasteiger partial charge in [-0.2, -0.15) is 0 Å². The molecule has 120 valence electrons. The standard InChI is InChI=1S/C17H20N4O2/c1-10-7-21(8-15(23-10)11-2-3-11)17(22)12-4-5-13-14(6-12)19-9-20-16(13)18/h4-6,9-11,15H,2-3,7-8H2,1H3,(H2,18,19,20). The van der Waals surface area contributed by atoms with Crippen molar-refractivity contribution in [2.75, 3.05) is 18.8 Å². The second kappa shape index (κ2) is 5.45. The van der Waals surface area contributed by atoms with Crippen molar-refractivity contribution in [3.63, 3.8) is 0 Å². The number of carbonyl (C=O) groups excluding carboxylic acids is 1. The van der Waals surface area contributed by atoms with E-state index in [0.29, 0.717) is 35.9 Å². The second-order valence-corrected chi connectivity index (χ2v) is 6.52. The van der Waals surface area contributed by atoms with Gasteiger partial charge in [0.1, 0.15) is 12.1 Å². The first-order valence-electron chi connectivity index (χ1n) is 8.07. The van der Waals surface area contributed by atoms with Gasteiger partial charge in [0.05, 0.1) is 17.7 Å². The Kier molecular flexibility index (Phi) is 3.41. The van der Waals surface area contributed by atoms with E-state index in [-0.39, 0.29) is 18.1 Å². The third kappa shape index (κ3) is 2.74. The van der Waals surface area contributed by atoms with Crippen LogP contribution in [-0.4, -0.2) is 46.1 Å². The molecule has 2 N–H and O–H groups in total. The van der Waals surface area contributed by atoms with Crippen LogP contribution in [0.5, 0.6) is 0 Å². The van der Waals surface area contributed by atoms with Crippen molar-refractivity contribution in [1.82, 2.24) is 14.9 Å². The van der Waals surface area contributed by atoms with Crippen LogP contribution in [-0.2, 0) is 4.74 Å². The van der Waals surface area contributed by atoms with Gasteiger partial charge in [0.25, 0.3) is 5.91 Å². The summed E-state index contributed by atoms with van der Waals surface area (Å²) in [5, 5.41) is 0.773. The highest BCUT2D eigenvalue weighted by molar-refractivity contribution is 5.99. The van der Waals surface area contributed by atoms with Crippen LogP contribution in [0.3, 0.4) is 0 Å². The quantitative estimate of drug-likeness (QED) is 0.915. The summed E-state index contributed by atoms with van der Waals surface area (Å²) in [5.74, 6) is 1.09. The number of benzene rings is 1. The Morgan fingerprint density at radius 3 is 2.91 bits per heavy atom. The summed E-state index contributed by atoms with van der Waals surface area (Å²) >= 11 is 0. The highest BCUT2D eigenvalue weighted by atomic mass is 16.5. The molecule has 1 aromatic heterocycles. The molecule has 1 saturated heterocycles. The molecule has 0 radical (unpaired) electrons. The van der Waals surface area contributed by atoms with Gasteiger partial charge in [0, 0.05) is 24.0 Å². The maximum Gasteiger partial charge on any atom is 0.254 e. The first-order valence-corrected chi connectivity index (χ1v) is 8.07. The van der Waals surface area contributed by atoms with Gasteiger partial charge in [0.15, 0.2) is 0 Å². The number of hydrogen-bond acceptors (Lipinski definition) is 5. The van der Waals surface area contributed by atoms with Gasteiger partial charge in [0.2, 0.25) is 0 Å². The van der Waals surface area contributed by atoms with E-state index in [0.717, 1.165) is 5.39 Å². The fourth-order valence-electron chi connectivity index (χ4n) is 3.27. The molecule has 4 rings (SSSR count). The van der Waals surface area contributed by atoms with Crippen LogP contribution in [0.25, 0.3) is 10.9 Å². The largest absolute Gasteiger partial charge is 0.383 e. The van der Waals surface area contributed by atoms with Crippen LogP contribution in [0.15, 0.2) is 24.5 Å². The van der Waals surface area contributed by atoms with E-state index in [2.05, 4.69) is 9.97 Å². The van der Waals surface area contributed by atoms with Gasteiger partial charge >= 0.3 is 0 Å². The molecule has 23 heavy (non-hydrogen) atoms. The molecule has 1 aromatic carbocycles. The topological polar surface area (TPSA) is 81.3 Å². The molecule has 1 aliphatic carbocycles. The van der Waals surface area contributed by atoms with Crippen LogP contribution in [0.2, 0.25) is 0 Å². The normalized spacial score (nSPS) is 24.8. The number of ether oxygens (including phenoxy) is 1. The summed E-state index contributed by atoms with van der Waals surface area (Å²) in [7, 11) is 0. The molecular formula is C17H20N4O2. The van der Waals surface area contributed by atoms with E-state index in [1.807, 2.05) is 17.9 Å². The van der Waals surface area contributed by atoms with Gasteiger partial charge in [-0.05, 0) is 43.9 Å². The third-order valence-electron chi connectivity index (χ3n) is 4.63. The molecule has 6 nitrogen and oxygen atoms in total. The zero-order valence-electron chi connectivity index (χ0n) is 13.1.